The molecule has 3 N–H and O–H groups in total. The van der Waals surface area contributed by atoms with Gasteiger partial charge >= 0.3 is 0 Å². The molecular formula is C16H25N3. The van der Waals surface area contributed by atoms with Crippen molar-refractivity contribution in [3.8, 4) is 0 Å². The molecule has 1 aromatic heterocycles. The topological polar surface area (TPSA) is 54.7 Å². The van der Waals surface area contributed by atoms with Crippen molar-refractivity contribution >= 4 is 0 Å². The second kappa shape index (κ2) is 4.08. The molecule has 4 bridgehead atoms. The average Bonchev–Trinajstić information content (AvgIpc) is 2.70. The summed E-state index contributed by atoms with van der Waals surface area (Å²) in [7, 11) is 0. The number of H-pyrrole nitrogens is 1. The number of nitrogens with one attached hydrogen (secondary N) is 1. The largest absolute Gasteiger partial charge is 0.330 e. The molecule has 0 radical (unpaired) electrons. The molecule has 0 saturated heterocycles. The Balaban J connectivity index is 1.75. The van der Waals surface area contributed by atoms with Gasteiger partial charge in [0.2, 0.25) is 0 Å². The molecule has 4 saturated carbocycles. The minimum Gasteiger partial charge on any atom is -0.330 e. The maximum absolute atomic E-state index is 5.81. The second-order valence-electron chi connectivity index (χ2n) is 7.41. The fourth-order valence-electron chi connectivity index (χ4n) is 5.74. The number of aromatic amines is 1. The van der Waals surface area contributed by atoms with E-state index in [0.717, 1.165) is 30.7 Å². The third-order valence-electron chi connectivity index (χ3n) is 6.01. The van der Waals surface area contributed by atoms with E-state index in [9.17, 15) is 0 Å². The Kier molecular flexibility index (Phi) is 2.57. The van der Waals surface area contributed by atoms with Crippen molar-refractivity contribution in [1.82, 2.24) is 10.2 Å². The molecule has 3 nitrogen and oxygen atoms in total. The molecule has 0 amide bonds. The highest BCUT2D eigenvalue weighted by atomic mass is 15.1. The lowest BCUT2D eigenvalue weighted by atomic mass is 9.48. The number of hydrogen-bond acceptors (Lipinski definition) is 2. The third-order valence-corrected chi connectivity index (χ3v) is 6.01. The van der Waals surface area contributed by atoms with Crippen molar-refractivity contribution in [2.24, 2.45) is 23.5 Å². The molecule has 4 aliphatic carbocycles. The molecule has 0 aliphatic heterocycles. The first kappa shape index (κ1) is 12.0. The lowest BCUT2D eigenvalue weighted by molar-refractivity contribution is -0.00760. The number of aromatic nitrogens is 2. The van der Waals surface area contributed by atoms with E-state index in [4.69, 9.17) is 10.8 Å². The molecule has 5 rings (SSSR count). The van der Waals surface area contributed by atoms with Gasteiger partial charge in [-0.25, -0.2) is 0 Å². The van der Waals surface area contributed by atoms with Crippen LogP contribution in [0.5, 0.6) is 0 Å². The zero-order valence-electron chi connectivity index (χ0n) is 11.9. The highest BCUT2D eigenvalue weighted by molar-refractivity contribution is 5.34. The molecule has 0 atom stereocenters. The molecule has 19 heavy (non-hydrogen) atoms. The maximum atomic E-state index is 5.81. The summed E-state index contributed by atoms with van der Waals surface area (Å²) in [5.41, 5.74) is 10.3. The van der Waals surface area contributed by atoms with Gasteiger partial charge in [0, 0.05) is 11.1 Å². The molecular weight excluding hydrogens is 234 g/mol. The first-order valence-corrected chi connectivity index (χ1v) is 7.94. The molecule has 0 aromatic carbocycles. The molecule has 1 heterocycles. The number of hydrogen-bond donors (Lipinski definition) is 2. The van der Waals surface area contributed by atoms with E-state index >= 15 is 0 Å². The van der Waals surface area contributed by atoms with Gasteiger partial charge in [0.1, 0.15) is 0 Å². The van der Waals surface area contributed by atoms with E-state index in [1.807, 2.05) is 0 Å². The van der Waals surface area contributed by atoms with Crippen molar-refractivity contribution in [2.75, 3.05) is 6.54 Å². The normalized spacial score (nSPS) is 40.0. The van der Waals surface area contributed by atoms with Gasteiger partial charge in [-0.05, 0) is 81.7 Å². The van der Waals surface area contributed by atoms with E-state index < -0.39 is 0 Å². The molecule has 104 valence electrons. The molecule has 1 aromatic rings. The van der Waals surface area contributed by atoms with Crippen LogP contribution in [0.4, 0.5) is 0 Å². The standard InChI is InChI=1S/C16H25N3/c1-10-14(2-3-17)15(19-18-10)16-7-11-4-12(8-16)6-13(5-11)9-16/h11-13H,2-9,17H2,1H3,(H,18,19). The minimum atomic E-state index is 0.407. The lowest BCUT2D eigenvalue weighted by Gasteiger charge is -2.56. The predicted octanol–water partition coefficient (Wildman–Crippen LogP) is 2.69. The molecule has 4 fully saturated rings. The Morgan fingerprint density at radius 1 is 1.16 bits per heavy atom. The van der Waals surface area contributed by atoms with Gasteiger partial charge in [-0.2, -0.15) is 5.10 Å². The van der Waals surface area contributed by atoms with Crippen molar-refractivity contribution < 1.29 is 0 Å². The maximum Gasteiger partial charge on any atom is 0.0719 e. The Bertz CT molecular complexity index is 453. The van der Waals surface area contributed by atoms with E-state index in [-0.39, 0.29) is 0 Å². The zero-order valence-corrected chi connectivity index (χ0v) is 11.9. The number of aryl methyl sites for hydroxylation is 1. The second-order valence-corrected chi connectivity index (χ2v) is 7.41. The molecule has 4 aliphatic rings. The lowest BCUT2D eigenvalue weighted by Crippen LogP contribution is -2.49. The fraction of sp³-hybridized carbons (Fsp3) is 0.812. The van der Waals surface area contributed by atoms with Crippen molar-refractivity contribution in [2.45, 2.75) is 57.3 Å². The Morgan fingerprint density at radius 2 is 1.74 bits per heavy atom. The number of nitrogens with two attached hydrogens (primary N) is 1. The van der Waals surface area contributed by atoms with Crippen molar-refractivity contribution in [3.05, 3.63) is 17.0 Å². The van der Waals surface area contributed by atoms with Crippen molar-refractivity contribution in [1.29, 1.82) is 0 Å². The van der Waals surface area contributed by atoms with Crippen LogP contribution in [0.2, 0.25) is 0 Å². The molecule has 3 heteroatoms. The van der Waals surface area contributed by atoms with Crippen LogP contribution >= 0.6 is 0 Å². The summed E-state index contributed by atoms with van der Waals surface area (Å²) in [6.07, 6.45) is 9.64. The molecule has 0 unspecified atom stereocenters. The smallest absolute Gasteiger partial charge is 0.0719 e. The van der Waals surface area contributed by atoms with Gasteiger partial charge in [-0.15, -0.1) is 0 Å². The van der Waals surface area contributed by atoms with Gasteiger partial charge in [-0.1, -0.05) is 0 Å². The third kappa shape index (κ3) is 1.70. The van der Waals surface area contributed by atoms with Crippen LogP contribution in [0, 0.1) is 24.7 Å². The van der Waals surface area contributed by atoms with Crippen LogP contribution < -0.4 is 5.73 Å². The predicted molar refractivity (Wildman–Crippen MR) is 75.9 cm³/mol. The average molecular weight is 259 g/mol. The van der Waals surface area contributed by atoms with E-state index in [0.29, 0.717) is 5.41 Å². The number of nitrogens with zero attached hydrogens (tertiary/aromatic N) is 1. The van der Waals surface area contributed by atoms with Crippen molar-refractivity contribution in [3.63, 3.8) is 0 Å². The van der Waals surface area contributed by atoms with Crippen LogP contribution in [-0.4, -0.2) is 16.7 Å². The van der Waals surface area contributed by atoms with E-state index in [2.05, 4.69) is 12.0 Å². The first-order chi connectivity index (χ1) is 9.20. The molecule has 0 spiro atoms. The van der Waals surface area contributed by atoms with Crippen LogP contribution in [-0.2, 0) is 11.8 Å². The zero-order chi connectivity index (χ0) is 13.0. The van der Waals surface area contributed by atoms with Gasteiger partial charge in [0.15, 0.2) is 0 Å². The summed E-state index contributed by atoms with van der Waals surface area (Å²) < 4.78 is 0. The summed E-state index contributed by atoms with van der Waals surface area (Å²) in [4.78, 5) is 0. The van der Waals surface area contributed by atoms with Crippen LogP contribution in [0.25, 0.3) is 0 Å². The fourth-order valence-corrected chi connectivity index (χ4v) is 5.74. The summed E-state index contributed by atoms with van der Waals surface area (Å²) in [5.74, 6) is 2.94. The van der Waals surface area contributed by atoms with E-state index in [1.165, 1.54) is 55.5 Å². The van der Waals surface area contributed by atoms with Crippen LogP contribution in [0.15, 0.2) is 0 Å². The minimum absolute atomic E-state index is 0.407. The van der Waals surface area contributed by atoms with Gasteiger partial charge in [0.25, 0.3) is 0 Å². The summed E-state index contributed by atoms with van der Waals surface area (Å²) >= 11 is 0. The monoisotopic (exact) mass is 259 g/mol. The highest BCUT2D eigenvalue weighted by Gasteiger charge is 2.53. The SMILES string of the molecule is Cc1[nH]nc(C23CC4CC(CC(C4)C2)C3)c1CCN. The summed E-state index contributed by atoms with van der Waals surface area (Å²) in [6.45, 7) is 2.89. The Morgan fingerprint density at radius 3 is 2.26 bits per heavy atom. The van der Waals surface area contributed by atoms with Gasteiger partial charge in [0.05, 0.1) is 5.69 Å². The quantitative estimate of drug-likeness (QED) is 0.877. The summed E-state index contributed by atoms with van der Waals surface area (Å²) in [5, 5.41) is 7.99. The highest BCUT2D eigenvalue weighted by Crippen LogP contribution is 2.60. The first-order valence-electron chi connectivity index (χ1n) is 7.94. The Hall–Kier alpha value is -0.830. The Labute approximate surface area is 115 Å². The van der Waals surface area contributed by atoms with E-state index in [1.54, 1.807) is 0 Å². The number of rotatable bonds is 3. The summed E-state index contributed by atoms with van der Waals surface area (Å²) in [6, 6.07) is 0. The van der Waals surface area contributed by atoms with Gasteiger partial charge < -0.3 is 5.73 Å². The van der Waals surface area contributed by atoms with Crippen LogP contribution in [0.3, 0.4) is 0 Å². The van der Waals surface area contributed by atoms with Crippen LogP contribution in [0.1, 0.15) is 55.5 Å². The van der Waals surface area contributed by atoms with Gasteiger partial charge in [-0.3, -0.25) is 5.10 Å².